The number of unbranched alkanes of at least 4 members (excludes halogenated alkanes) is 1. The van der Waals surface area contributed by atoms with Crippen LogP contribution in [0.15, 0.2) is 48.5 Å². The maximum Gasteiger partial charge on any atom is 0.326 e. The van der Waals surface area contributed by atoms with Gasteiger partial charge in [0.25, 0.3) is 0 Å². The van der Waals surface area contributed by atoms with Crippen molar-refractivity contribution in [2.75, 3.05) is 13.2 Å². The summed E-state index contributed by atoms with van der Waals surface area (Å²) in [7, 11) is 0. The maximum absolute atomic E-state index is 13.3. The van der Waals surface area contributed by atoms with Gasteiger partial charge in [0.05, 0.1) is 18.4 Å². The lowest BCUT2D eigenvalue weighted by molar-refractivity contribution is -0.153. The highest BCUT2D eigenvalue weighted by Crippen LogP contribution is 2.60. The first-order valence-electron chi connectivity index (χ1n) is 10.3. The van der Waals surface area contributed by atoms with Gasteiger partial charge >= 0.3 is 5.97 Å². The molecule has 0 saturated carbocycles. The Morgan fingerprint density at radius 3 is 1.72 bits per heavy atom. The van der Waals surface area contributed by atoms with E-state index in [2.05, 4.69) is 24.3 Å². The number of benzene rings is 2. The maximum atomic E-state index is 13.3. The fraction of sp³-hybridized carbons (Fsp3) is 0.375. The van der Waals surface area contributed by atoms with Gasteiger partial charge in [0.15, 0.2) is 0 Å². The molecule has 2 amide bonds. The lowest BCUT2D eigenvalue weighted by Gasteiger charge is -2.45. The van der Waals surface area contributed by atoms with Gasteiger partial charge in [-0.1, -0.05) is 61.9 Å². The Balaban J connectivity index is 1.52. The van der Waals surface area contributed by atoms with Crippen LogP contribution in [0.4, 0.5) is 0 Å². The van der Waals surface area contributed by atoms with Crippen molar-refractivity contribution in [1.82, 2.24) is 4.90 Å². The molecule has 0 aromatic heterocycles. The lowest BCUT2D eigenvalue weighted by Crippen LogP contribution is -2.41. The monoisotopic (exact) mass is 389 g/mol. The number of hydrogen-bond donors (Lipinski definition) is 0. The number of imide groups is 1. The highest BCUT2D eigenvalue weighted by Gasteiger charge is 2.61. The van der Waals surface area contributed by atoms with Crippen LogP contribution >= 0.6 is 0 Å². The van der Waals surface area contributed by atoms with E-state index in [0.717, 1.165) is 40.0 Å². The molecule has 148 valence electrons. The summed E-state index contributed by atoms with van der Waals surface area (Å²) in [6.07, 6.45) is 1.69. The molecule has 6 rings (SSSR count). The van der Waals surface area contributed by atoms with Crippen LogP contribution in [-0.2, 0) is 19.1 Å². The van der Waals surface area contributed by atoms with Crippen LogP contribution in [0.5, 0.6) is 0 Å². The third-order valence-electron chi connectivity index (χ3n) is 6.59. The van der Waals surface area contributed by atoms with Crippen molar-refractivity contribution in [1.29, 1.82) is 0 Å². The van der Waals surface area contributed by atoms with E-state index >= 15 is 0 Å². The number of likely N-dealkylation sites (tertiary alicyclic amines) is 1. The van der Waals surface area contributed by atoms with Crippen molar-refractivity contribution in [2.24, 2.45) is 11.8 Å². The molecule has 2 aromatic carbocycles. The SMILES string of the molecule is CCCCOC(=O)CN1C(=O)C2C3c4ccccc4C(c4ccccc43)C2C1=O. The van der Waals surface area contributed by atoms with Crippen molar-refractivity contribution < 1.29 is 19.1 Å². The van der Waals surface area contributed by atoms with Crippen LogP contribution in [0.25, 0.3) is 0 Å². The standard InChI is InChI=1S/C24H23NO4/c1-2-3-12-29-18(26)13-25-23(27)21-19-14-8-4-5-9-15(14)20(22(21)24(25)28)17-11-7-6-10-16(17)19/h4-11,19-22H,2-3,12-13H2,1H3. The smallest absolute Gasteiger partial charge is 0.326 e. The Bertz CT molecular complexity index is 898. The van der Waals surface area contributed by atoms with Crippen LogP contribution in [0.1, 0.15) is 53.9 Å². The number of carbonyl (C=O) groups excluding carboxylic acids is 3. The van der Waals surface area contributed by atoms with Gasteiger partial charge in [-0.25, -0.2) is 0 Å². The van der Waals surface area contributed by atoms with Gasteiger partial charge in [-0.15, -0.1) is 0 Å². The minimum absolute atomic E-state index is 0.144. The van der Waals surface area contributed by atoms with Crippen LogP contribution < -0.4 is 0 Å². The molecule has 1 heterocycles. The largest absolute Gasteiger partial charge is 0.464 e. The van der Waals surface area contributed by atoms with E-state index in [-0.39, 0.29) is 30.2 Å². The van der Waals surface area contributed by atoms with Gasteiger partial charge in [0.2, 0.25) is 11.8 Å². The molecule has 2 bridgehead atoms. The first-order chi connectivity index (χ1) is 14.1. The molecule has 4 aliphatic rings. The van der Waals surface area contributed by atoms with E-state index in [1.165, 1.54) is 0 Å². The topological polar surface area (TPSA) is 63.7 Å². The summed E-state index contributed by atoms with van der Waals surface area (Å²) in [5.41, 5.74) is 4.52. The Kier molecular flexibility index (Phi) is 4.26. The molecule has 0 spiro atoms. The van der Waals surface area contributed by atoms with Crippen LogP contribution in [0.2, 0.25) is 0 Å². The van der Waals surface area contributed by atoms with Gasteiger partial charge in [-0.2, -0.15) is 0 Å². The predicted octanol–water partition coefficient (Wildman–Crippen LogP) is 3.22. The molecule has 1 aliphatic heterocycles. The number of ether oxygens (including phenoxy) is 1. The normalized spacial score (nSPS) is 26.2. The van der Waals surface area contributed by atoms with Crippen molar-refractivity contribution in [3.8, 4) is 0 Å². The van der Waals surface area contributed by atoms with Gasteiger partial charge in [-0.05, 0) is 28.7 Å². The average Bonchev–Trinajstić information content (AvgIpc) is 2.99. The second-order valence-electron chi connectivity index (χ2n) is 8.10. The number of esters is 1. The van der Waals surface area contributed by atoms with Crippen molar-refractivity contribution in [3.63, 3.8) is 0 Å². The highest BCUT2D eigenvalue weighted by molar-refractivity contribution is 6.09. The number of rotatable bonds is 5. The Morgan fingerprint density at radius 2 is 1.31 bits per heavy atom. The summed E-state index contributed by atoms with van der Waals surface area (Å²) in [6.45, 7) is 2.04. The molecule has 0 radical (unpaired) electrons. The summed E-state index contributed by atoms with van der Waals surface area (Å²) >= 11 is 0. The predicted molar refractivity (Wildman–Crippen MR) is 106 cm³/mol. The van der Waals surface area contributed by atoms with E-state index in [1.54, 1.807) is 0 Å². The van der Waals surface area contributed by atoms with E-state index in [0.29, 0.717) is 6.61 Å². The van der Waals surface area contributed by atoms with Crippen LogP contribution in [0, 0.1) is 11.8 Å². The zero-order chi connectivity index (χ0) is 20.1. The fourth-order valence-corrected chi connectivity index (χ4v) is 5.40. The van der Waals surface area contributed by atoms with Crippen molar-refractivity contribution in [3.05, 3.63) is 70.8 Å². The van der Waals surface area contributed by atoms with Gasteiger partial charge in [0.1, 0.15) is 6.54 Å². The second-order valence-corrected chi connectivity index (χ2v) is 8.10. The Labute approximate surface area is 169 Å². The molecule has 1 fully saturated rings. The minimum atomic E-state index is -0.513. The van der Waals surface area contributed by atoms with Crippen molar-refractivity contribution in [2.45, 2.75) is 31.6 Å². The third kappa shape index (κ3) is 2.56. The van der Waals surface area contributed by atoms with Crippen LogP contribution in [-0.4, -0.2) is 35.8 Å². The zero-order valence-electron chi connectivity index (χ0n) is 16.3. The quantitative estimate of drug-likeness (QED) is 0.447. The molecule has 2 atom stereocenters. The molecule has 1 saturated heterocycles. The van der Waals surface area contributed by atoms with E-state index < -0.39 is 17.8 Å². The lowest BCUT2D eigenvalue weighted by atomic mass is 9.55. The van der Waals surface area contributed by atoms with Gasteiger partial charge in [0, 0.05) is 11.8 Å². The minimum Gasteiger partial charge on any atom is -0.464 e. The molecular formula is C24H23NO4. The Hall–Kier alpha value is -2.95. The molecule has 3 aliphatic carbocycles. The first kappa shape index (κ1) is 18.1. The molecular weight excluding hydrogens is 366 g/mol. The fourth-order valence-electron chi connectivity index (χ4n) is 5.40. The van der Waals surface area contributed by atoms with Gasteiger partial charge < -0.3 is 4.74 Å². The molecule has 5 nitrogen and oxygen atoms in total. The highest BCUT2D eigenvalue weighted by atomic mass is 16.5. The zero-order valence-corrected chi connectivity index (χ0v) is 16.3. The number of carbonyl (C=O) groups is 3. The van der Waals surface area contributed by atoms with E-state index in [4.69, 9.17) is 4.74 Å². The molecule has 0 N–H and O–H groups in total. The first-order valence-corrected chi connectivity index (χ1v) is 10.3. The summed E-state index contributed by atoms with van der Waals surface area (Å²) in [5, 5.41) is 0. The molecule has 29 heavy (non-hydrogen) atoms. The van der Waals surface area contributed by atoms with Crippen LogP contribution in [0.3, 0.4) is 0 Å². The summed E-state index contributed by atoms with van der Waals surface area (Å²) in [4.78, 5) is 40.0. The third-order valence-corrected chi connectivity index (χ3v) is 6.59. The van der Waals surface area contributed by atoms with Crippen molar-refractivity contribution >= 4 is 17.8 Å². The van der Waals surface area contributed by atoms with Gasteiger partial charge in [-0.3, -0.25) is 19.3 Å². The molecule has 5 heteroatoms. The summed E-state index contributed by atoms with van der Waals surface area (Å²) in [6, 6.07) is 16.2. The summed E-state index contributed by atoms with van der Waals surface area (Å²) in [5.74, 6) is -2.18. The summed E-state index contributed by atoms with van der Waals surface area (Å²) < 4.78 is 5.20. The second kappa shape index (κ2) is 6.83. The Morgan fingerprint density at radius 1 is 0.862 bits per heavy atom. The van der Waals surface area contributed by atoms with E-state index in [9.17, 15) is 14.4 Å². The number of amides is 2. The molecule has 2 unspecified atom stereocenters. The average molecular weight is 389 g/mol. The molecule has 2 aromatic rings. The van der Waals surface area contributed by atoms with E-state index in [1.807, 2.05) is 31.2 Å². The number of hydrogen-bond acceptors (Lipinski definition) is 4. The number of nitrogens with zero attached hydrogens (tertiary/aromatic N) is 1.